The molecule has 6 rings (SSSR count). The highest BCUT2D eigenvalue weighted by molar-refractivity contribution is 6.69. The highest BCUT2D eigenvalue weighted by Crippen LogP contribution is 2.44. The van der Waals surface area contributed by atoms with Crippen molar-refractivity contribution in [2.45, 2.75) is 31.8 Å². The van der Waals surface area contributed by atoms with Crippen molar-refractivity contribution >= 4 is 40.0 Å². The predicted molar refractivity (Wildman–Crippen MR) is 155 cm³/mol. The average Bonchev–Trinajstić information content (AvgIpc) is 3.08. The zero-order valence-corrected chi connectivity index (χ0v) is 23.4. The summed E-state index contributed by atoms with van der Waals surface area (Å²) in [5.41, 5.74) is 9.91. The van der Waals surface area contributed by atoms with E-state index in [9.17, 15) is 9.59 Å². The van der Waals surface area contributed by atoms with Crippen molar-refractivity contribution in [1.82, 2.24) is 4.90 Å². The topological polar surface area (TPSA) is 101 Å². The Balaban J connectivity index is 1.16. The lowest BCUT2D eigenvalue weighted by Gasteiger charge is -2.53. The summed E-state index contributed by atoms with van der Waals surface area (Å²) in [7, 11) is 1.73. The van der Waals surface area contributed by atoms with Crippen LogP contribution in [-0.4, -0.2) is 74.4 Å². The van der Waals surface area contributed by atoms with Crippen LogP contribution in [0.1, 0.15) is 24.8 Å². The number of fused-ring (bicyclic) bond motifs is 1. The van der Waals surface area contributed by atoms with Gasteiger partial charge in [-0.05, 0) is 43.0 Å². The Morgan fingerprint density at radius 2 is 1.88 bits per heavy atom. The summed E-state index contributed by atoms with van der Waals surface area (Å²) in [6.07, 6.45) is 2.58. The second kappa shape index (κ2) is 10.8. The summed E-state index contributed by atoms with van der Waals surface area (Å²) in [5.74, 6) is -0.0272. The van der Waals surface area contributed by atoms with E-state index in [0.717, 1.165) is 50.4 Å². The number of halogens is 1. The van der Waals surface area contributed by atoms with Gasteiger partial charge in [-0.1, -0.05) is 41.9 Å². The molecular weight excluding hydrogens is 530 g/mol. The molecule has 210 valence electrons. The molecule has 2 N–H and O–H groups in total. The zero-order chi connectivity index (χ0) is 27.9. The van der Waals surface area contributed by atoms with Crippen molar-refractivity contribution in [2.24, 2.45) is 16.1 Å². The molecule has 40 heavy (non-hydrogen) atoms. The quantitative estimate of drug-likeness (QED) is 0.560. The van der Waals surface area contributed by atoms with Crippen molar-refractivity contribution in [3.63, 3.8) is 0 Å². The molecule has 10 heteroatoms. The lowest BCUT2D eigenvalue weighted by Crippen LogP contribution is -2.58. The number of benzene rings is 2. The number of nitrogens with two attached hydrogens (primary N) is 1. The molecule has 0 bridgehead atoms. The van der Waals surface area contributed by atoms with Crippen LogP contribution in [-0.2, 0) is 20.9 Å². The number of anilines is 2. The molecule has 1 unspecified atom stereocenters. The Hall–Kier alpha value is -3.56. The van der Waals surface area contributed by atoms with Gasteiger partial charge < -0.3 is 29.9 Å². The third-order valence-corrected chi connectivity index (χ3v) is 8.92. The van der Waals surface area contributed by atoms with Crippen molar-refractivity contribution in [2.75, 3.05) is 56.3 Å². The van der Waals surface area contributed by atoms with Gasteiger partial charge in [-0.3, -0.25) is 14.6 Å². The number of aliphatic imine (C=N–C) groups is 1. The van der Waals surface area contributed by atoms with Crippen molar-refractivity contribution < 1.29 is 19.1 Å². The second-order valence-corrected chi connectivity index (χ2v) is 11.4. The van der Waals surface area contributed by atoms with Crippen LogP contribution >= 0.6 is 11.6 Å². The molecule has 4 heterocycles. The largest absolute Gasteiger partial charge is 0.489 e. The molecule has 1 spiro atoms. The molecular formula is C30H34ClN5O4. The molecule has 9 nitrogen and oxygen atoms in total. The number of carbonyl (C=O) groups is 2. The van der Waals surface area contributed by atoms with E-state index in [2.05, 4.69) is 9.89 Å². The number of nitrogens with zero attached hydrogens (tertiary/aromatic N) is 4. The van der Waals surface area contributed by atoms with E-state index >= 15 is 0 Å². The molecule has 2 fully saturated rings. The van der Waals surface area contributed by atoms with E-state index < -0.39 is 11.9 Å². The van der Waals surface area contributed by atoms with Gasteiger partial charge in [0.15, 0.2) is 0 Å². The third-order valence-electron chi connectivity index (χ3n) is 8.57. The maximum atomic E-state index is 13.7. The Kier molecular flexibility index (Phi) is 7.18. The van der Waals surface area contributed by atoms with Crippen LogP contribution in [0.15, 0.2) is 64.8 Å². The minimum atomic E-state index is -0.803. The van der Waals surface area contributed by atoms with Gasteiger partial charge in [0.1, 0.15) is 29.3 Å². The first-order valence-corrected chi connectivity index (χ1v) is 14.1. The summed E-state index contributed by atoms with van der Waals surface area (Å²) in [6, 6.07) is 14.9. The lowest BCUT2D eigenvalue weighted by atomic mass is 9.73. The van der Waals surface area contributed by atoms with E-state index in [4.69, 9.17) is 26.8 Å². The fraction of sp³-hybridized carbons (Fsp3) is 0.433. The molecule has 4 aliphatic rings. The standard InChI is InChI=1S/C30H34ClN5O4/c1-34-23-15-21(35-18-30(19-35)10-13-39-14-11-30)7-8-25(23)40-17-24(28(34)37)36-12-9-22(26(32)29(36)38)27(31)33-16-20-5-3-2-4-6-20/h2-8,15,24H,9-14,16-19,32H2,1H3. The number of amides is 2. The van der Waals surface area contributed by atoms with E-state index in [1.165, 1.54) is 4.90 Å². The highest BCUT2D eigenvalue weighted by atomic mass is 35.5. The van der Waals surface area contributed by atoms with E-state index in [0.29, 0.717) is 41.9 Å². The summed E-state index contributed by atoms with van der Waals surface area (Å²) >= 11 is 6.48. The normalized spacial score (nSPS) is 23.1. The van der Waals surface area contributed by atoms with Crippen molar-refractivity contribution in [3.8, 4) is 5.75 Å². The first kappa shape index (κ1) is 26.7. The SMILES string of the molecule is CN1C(=O)C(N2CCC(C(Cl)=NCc3ccccc3)=C(N)C2=O)COc2ccc(N3CC4(CCOCC4)C3)cc21. The minimum absolute atomic E-state index is 0.0207. The Morgan fingerprint density at radius 3 is 2.62 bits per heavy atom. The summed E-state index contributed by atoms with van der Waals surface area (Å²) < 4.78 is 11.6. The smallest absolute Gasteiger partial charge is 0.270 e. The number of carbonyl (C=O) groups excluding carboxylic acids is 2. The monoisotopic (exact) mass is 563 g/mol. The Morgan fingerprint density at radius 1 is 1.12 bits per heavy atom. The molecule has 0 radical (unpaired) electrons. The maximum absolute atomic E-state index is 13.7. The molecule has 2 saturated heterocycles. The molecule has 2 amide bonds. The number of likely N-dealkylation sites (N-methyl/N-ethyl adjacent to an activating group) is 1. The van der Waals surface area contributed by atoms with Gasteiger partial charge in [-0.15, -0.1) is 0 Å². The molecule has 4 aliphatic heterocycles. The lowest BCUT2D eigenvalue weighted by molar-refractivity contribution is -0.137. The summed E-state index contributed by atoms with van der Waals surface area (Å²) in [5, 5.41) is 0.225. The van der Waals surface area contributed by atoms with Crippen LogP contribution in [0.25, 0.3) is 0 Å². The van der Waals surface area contributed by atoms with Crippen LogP contribution < -0.4 is 20.3 Å². The minimum Gasteiger partial charge on any atom is -0.489 e. The fourth-order valence-corrected chi connectivity index (χ4v) is 6.32. The van der Waals surface area contributed by atoms with E-state index in [-0.39, 0.29) is 23.4 Å². The van der Waals surface area contributed by atoms with Crippen LogP contribution in [0.4, 0.5) is 11.4 Å². The molecule has 2 aromatic rings. The number of ether oxygens (including phenoxy) is 2. The van der Waals surface area contributed by atoms with E-state index in [1.807, 2.05) is 48.5 Å². The molecule has 0 aromatic heterocycles. The summed E-state index contributed by atoms with van der Waals surface area (Å²) in [6.45, 7) is 4.36. The molecule has 0 aliphatic carbocycles. The van der Waals surface area contributed by atoms with Crippen LogP contribution in [0.5, 0.6) is 5.75 Å². The van der Waals surface area contributed by atoms with Gasteiger partial charge in [-0.25, -0.2) is 0 Å². The van der Waals surface area contributed by atoms with Gasteiger partial charge in [0.25, 0.3) is 11.8 Å². The molecule has 1 atom stereocenters. The number of hydrogen-bond donors (Lipinski definition) is 1. The predicted octanol–water partition coefficient (Wildman–Crippen LogP) is 3.31. The number of rotatable bonds is 5. The van der Waals surface area contributed by atoms with Crippen LogP contribution in [0.2, 0.25) is 0 Å². The van der Waals surface area contributed by atoms with Crippen molar-refractivity contribution in [1.29, 1.82) is 0 Å². The third kappa shape index (κ3) is 4.92. The molecule has 2 aromatic carbocycles. The van der Waals surface area contributed by atoms with Gasteiger partial charge >= 0.3 is 0 Å². The maximum Gasteiger partial charge on any atom is 0.270 e. The number of hydrogen-bond acceptors (Lipinski definition) is 7. The van der Waals surface area contributed by atoms with Gasteiger partial charge in [-0.2, -0.15) is 0 Å². The first-order valence-electron chi connectivity index (χ1n) is 13.8. The first-order chi connectivity index (χ1) is 19.3. The average molecular weight is 564 g/mol. The van der Waals surface area contributed by atoms with Crippen LogP contribution in [0.3, 0.4) is 0 Å². The van der Waals surface area contributed by atoms with Crippen molar-refractivity contribution in [3.05, 3.63) is 65.4 Å². The fourth-order valence-electron chi connectivity index (χ4n) is 6.06. The zero-order valence-electron chi connectivity index (χ0n) is 22.6. The Bertz CT molecular complexity index is 1360. The highest BCUT2D eigenvalue weighted by Gasteiger charge is 2.44. The van der Waals surface area contributed by atoms with Crippen LogP contribution in [0, 0.1) is 5.41 Å². The van der Waals surface area contributed by atoms with Gasteiger partial charge in [0, 0.05) is 56.6 Å². The summed E-state index contributed by atoms with van der Waals surface area (Å²) in [4.78, 5) is 36.9. The van der Waals surface area contributed by atoms with Gasteiger partial charge in [0.2, 0.25) is 0 Å². The van der Waals surface area contributed by atoms with E-state index in [1.54, 1.807) is 11.9 Å². The van der Waals surface area contributed by atoms with Gasteiger partial charge in [0.05, 0.1) is 12.2 Å². The second-order valence-electron chi connectivity index (χ2n) is 11.1. The molecule has 0 saturated carbocycles. The Labute approximate surface area is 239 Å².